The van der Waals surface area contributed by atoms with Crippen LogP contribution in [-0.4, -0.2) is 26.6 Å². The van der Waals surface area contributed by atoms with Gasteiger partial charge in [0.2, 0.25) is 11.4 Å². The summed E-state index contributed by atoms with van der Waals surface area (Å²) < 4.78 is 7.19. The molecule has 0 unspecified atom stereocenters. The average Bonchev–Trinajstić information content (AvgIpc) is 2.90. The molecule has 1 N–H and O–H groups in total. The predicted molar refractivity (Wildman–Crippen MR) is 143 cm³/mol. The molecule has 0 amide bonds. The molecule has 0 radical (unpaired) electrons. The number of benzene rings is 2. The number of nitrogens with zero attached hydrogens (tertiary/aromatic N) is 4. The number of hydrogen-bond acceptors (Lipinski definition) is 6. The van der Waals surface area contributed by atoms with Crippen molar-refractivity contribution in [2.75, 3.05) is 12.4 Å². The van der Waals surface area contributed by atoms with E-state index >= 15 is 0 Å². The maximum absolute atomic E-state index is 13.6. The fourth-order valence-electron chi connectivity index (χ4n) is 3.92. The van der Waals surface area contributed by atoms with Crippen molar-refractivity contribution in [2.45, 2.75) is 13.1 Å². The Kier molecular flexibility index (Phi) is 6.84. The van der Waals surface area contributed by atoms with Crippen LogP contribution in [0, 0.1) is 0 Å². The highest BCUT2D eigenvalue weighted by Crippen LogP contribution is 2.33. The smallest absolute Gasteiger partial charge is 0.224 e. The lowest BCUT2D eigenvalue weighted by molar-refractivity contribution is 0.414. The molecule has 3 heterocycles. The largest absolute Gasteiger partial charge is 0.497 e. The lowest BCUT2D eigenvalue weighted by atomic mass is 10.1. The number of methoxy groups -OCH3 is 1. The highest BCUT2D eigenvalue weighted by molar-refractivity contribution is 6.39. The monoisotopic (exact) mass is 517 g/mol. The topological polar surface area (TPSA) is 81.9 Å². The highest BCUT2D eigenvalue weighted by Gasteiger charge is 2.18. The van der Waals surface area contributed by atoms with Crippen molar-refractivity contribution in [1.29, 1.82) is 0 Å². The third-order valence-electron chi connectivity index (χ3n) is 5.76. The lowest BCUT2D eigenvalue weighted by Gasteiger charge is -2.15. The summed E-state index contributed by atoms with van der Waals surface area (Å²) in [5.74, 6) is 1.17. The van der Waals surface area contributed by atoms with Crippen molar-refractivity contribution >= 4 is 40.2 Å². The van der Waals surface area contributed by atoms with E-state index < -0.39 is 0 Å². The second-order valence-electron chi connectivity index (χ2n) is 8.08. The van der Waals surface area contributed by atoms with Crippen LogP contribution in [0.4, 0.5) is 5.95 Å². The van der Waals surface area contributed by atoms with Gasteiger partial charge in [0.1, 0.15) is 11.4 Å². The Morgan fingerprint density at radius 2 is 1.69 bits per heavy atom. The molecule has 2 aromatic carbocycles. The number of anilines is 1. The molecule has 0 bridgehead atoms. The van der Waals surface area contributed by atoms with E-state index in [9.17, 15) is 4.79 Å². The van der Waals surface area contributed by atoms with Gasteiger partial charge in [-0.15, -0.1) is 0 Å². The third-order valence-corrected chi connectivity index (χ3v) is 6.39. The SMILES string of the molecule is COc1ccc(Cn2cc(-c3c(Cl)cccc3Cl)c(=O)c3cnc(NCc4ccncc4)nc32)cc1. The van der Waals surface area contributed by atoms with Gasteiger partial charge in [-0.25, -0.2) is 4.98 Å². The predicted octanol–water partition coefficient (Wildman–Crippen LogP) is 5.83. The van der Waals surface area contributed by atoms with E-state index in [4.69, 9.17) is 32.9 Å². The average molecular weight is 518 g/mol. The zero-order chi connectivity index (χ0) is 25.1. The van der Waals surface area contributed by atoms with E-state index in [1.165, 1.54) is 6.20 Å². The van der Waals surface area contributed by atoms with Gasteiger partial charge in [0, 0.05) is 49.0 Å². The fraction of sp³-hybridized carbons (Fsp3) is 0.111. The van der Waals surface area contributed by atoms with Crippen molar-refractivity contribution in [3.05, 3.63) is 111 Å². The summed E-state index contributed by atoms with van der Waals surface area (Å²) in [6.07, 6.45) is 6.75. The molecule has 0 aliphatic carbocycles. The van der Waals surface area contributed by atoms with Crippen LogP contribution in [0.1, 0.15) is 11.1 Å². The van der Waals surface area contributed by atoms with Crippen molar-refractivity contribution in [1.82, 2.24) is 19.5 Å². The maximum atomic E-state index is 13.6. The second kappa shape index (κ2) is 10.4. The summed E-state index contributed by atoms with van der Waals surface area (Å²) in [5.41, 5.74) is 3.15. The van der Waals surface area contributed by atoms with Gasteiger partial charge in [-0.1, -0.05) is 41.4 Å². The highest BCUT2D eigenvalue weighted by atomic mass is 35.5. The number of hydrogen-bond donors (Lipinski definition) is 1. The van der Waals surface area contributed by atoms with Crippen LogP contribution in [-0.2, 0) is 13.1 Å². The Bertz CT molecular complexity index is 1570. The minimum atomic E-state index is -0.244. The summed E-state index contributed by atoms with van der Waals surface area (Å²) in [4.78, 5) is 26.7. The van der Waals surface area contributed by atoms with Crippen LogP contribution in [0.2, 0.25) is 10.0 Å². The quantitative estimate of drug-likeness (QED) is 0.292. The van der Waals surface area contributed by atoms with Gasteiger partial charge in [0.15, 0.2) is 0 Å². The fourth-order valence-corrected chi connectivity index (χ4v) is 4.52. The van der Waals surface area contributed by atoms with Gasteiger partial charge in [-0.3, -0.25) is 9.78 Å². The van der Waals surface area contributed by atoms with Crippen molar-refractivity contribution in [3.8, 4) is 16.9 Å². The van der Waals surface area contributed by atoms with Gasteiger partial charge in [0.25, 0.3) is 0 Å². The molecule has 9 heteroatoms. The van der Waals surface area contributed by atoms with E-state index in [2.05, 4.69) is 15.3 Å². The van der Waals surface area contributed by atoms with Crippen LogP contribution in [0.25, 0.3) is 22.2 Å². The number of ether oxygens (including phenoxy) is 1. The molecular formula is C27H21Cl2N5O2. The minimum absolute atomic E-state index is 0.244. The third kappa shape index (κ3) is 4.89. The van der Waals surface area contributed by atoms with Crippen LogP contribution in [0.15, 0.2) is 84.2 Å². The first kappa shape index (κ1) is 23.8. The zero-order valence-electron chi connectivity index (χ0n) is 19.3. The van der Waals surface area contributed by atoms with Crippen LogP contribution in [0.3, 0.4) is 0 Å². The molecule has 0 fully saturated rings. The van der Waals surface area contributed by atoms with E-state index in [1.54, 1.807) is 43.9 Å². The summed E-state index contributed by atoms with van der Waals surface area (Å²) in [5, 5.41) is 4.38. The molecule has 180 valence electrons. The van der Waals surface area contributed by atoms with Gasteiger partial charge < -0.3 is 14.6 Å². The first-order chi connectivity index (χ1) is 17.5. The summed E-state index contributed by atoms with van der Waals surface area (Å²) in [7, 11) is 1.63. The van der Waals surface area contributed by atoms with Crippen LogP contribution in [0.5, 0.6) is 5.75 Å². The Morgan fingerprint density at radius 3 is 2.39 bits per heavy atom. The van der Waals surface area contributed by atoms with Crippen molar-refractivity contribution in [2.24, 2.45) is 0 Å². The standard InChI is InChI=1S/C27H21Cl2N5O2/c1-36-19-7-5-18(6-8-19)15-34-16-21(24-22(28)3-2-4-23(24)29)25(35)20-14-32-27(33-26(20)34)31-13-17-9-11-30-12-10-17/h2-12,14,16H,13,15H2,1H3,(H,31,32,33). The molecule has 0 aliphatic heterocycles. The maximum Gasteiger partial charge on any atom is 0.224 e. The molecular weight excluding hydrogens is 497 g/mol. The first-order valence-corrected chi connectivity index (χ1v) is 11.9. The van der Waals surface area contributed by atoms with E-state index in [0.29, 0.717) is 51.2 Å². The lowest BCUT2D eigenvalue weighted by Crippen LogP contribution is -2.16. The molecule has 3 aromatic heterocycles. The minimum Gasteiger partial charge on any atom is -0.497 e. The summed E-state index contributed by atoms with van der Waals surface area (Å²) in [6.45, 7) is 0.973. The molecule has 7 nitrogen and oxygen atoms in total. The Labute approximate surface area is 217 Å². The molecule has 36 heavy (non-hydrogen) atoms. The normalized spacial score (nSPS) is 11.0. The first-order valence-electron chi connectivity index (χ1n) is 11.1. The number of nitrogens with one attached hydrogen (secondary N) is 1. The Balaban J connectivity index is 1.63. The summed E-state index contributed by atoms with van der Waals surface area (Å²) >= 11 is 12.9. The number of pyridine rings is 2. The van der Waals surface area contributed by atoms with Crippen molar-refractivity contribution < 1.29 is 4.74 Å². The molecule has 5 aromatic rings. The Hall–Kier alpha value is -3.94. The van der Waals surface area contributed by atoms with Crippen molar-refractivity contribution in [3.63, 3.8) is 0 Å². The molecule has 0 aliphatic rings. The number of rotatable bonds is 7. The molecule has 0 spiro atoms. The van der Waals surface area contributed by atoms with E-state index in [1.807, 2.05) is 41.0 Å². The zero-order valence-corrected chi connectivity index (χ0v) is 20.8. The van der Waals surface area contributed by atoms with Gasteiger partial charge in [-0.05, 0) is 47.5 Å². The van der Waals surface area contributed by atoms with Gasteiger partial charge >= 0.3 is 0 Å². The number of halogens is 2. The summed E-state index contributed by atoms with van der Waals surface area (Å²) in [6, 6.07) is 16.7. The Morgan fingerprint density at radius 1 is 0.972 bits per heavy atom. The molecule has 5 rings (SSSR count). The number of fused-ring (bicyclic) bond motifs is 1. The van der Waals surface area contributed by atoms with E-state index in [-0.39, 0.29) is 5.43 Å². The van der Waals surface area contributed by atoms with Gasteiger partial charge in [-0.2, -0.15) is 4.98 Å². The van der Waals surface area contributed by atoms with Crippen LogP contribution < -0.4 is 15.5 Å². The molecule has 0 saturated heterocycles. The van der Waals surface area contributed by atoms with E-state index in [0.717, 1.165) is 16.9 Å². The van der Waals surface area contributed by atoms with Gasteiger partial charge in [0.05, 0.1) is 22.5 Å². The second-order valence-corrected chi connectivity index (χ2v) is 8.90. The number of aromatic nitrogens is 4. The molecule has 0 saturated carbocycles. The van der Waals surface area contributed by atoms with Crippen LogP contribution >= 0.6 is 23.2 Å². The molecule has 0 atom stereocenters.